The molecule has 0 unspecified atom stereocenters. The first-order valence-corrected chi connectivity index (χ1v) is 10.1. The summed E-state index contributed by atoms with van der Waals surface area (Å²) < 4.78 is 2.37. The van der Waals surface area contributed by atoms with Gasteiger partial charge in [-0.3, -0.25) is 4.90 Å². The summed E-state index contributed by atoms with van der Waals surface area (Å²) in [4.78, 5) is 16.4. The van der Waals surface area contributed by atoms with Gasteiger partial charge in [0.1, 0.15) is 5.82 Å². The first-order chi connectivity index (χ1) is 12.3. The number of nitrogens with zero attached hydrogens (tertiary/aromatic N) is 5. The molecule has 0 radical (unpaired) electrons. The molecule has 3 aromatic rings. The first-order valence-electron chi connectivity index (χ1n) is 8.83. The third-order valence-corrected chi connectivity index (χ3v) is 5.28. The molecule has 1 aromatic carbocycles. The average Bonchev–Trinajstić information content (AvgIpc) is 2.99. The molecule has 3 heterocycles. The highest BCUT2D eigenvalue weighted by molar-refractivity contribution is 7.98. The van der Waals surface area contributed by atoms with Gasteiger partial charge in [0.2, 0.25) is 0 Å². The summed E-state index contributed by atoms with van der Waals surface area (Å²) in [5, 5.41) is 0.872. The lowest BCUT2D eigenvalue weighted by atomic mass is 10.1. The van der Waals surface area contributed by atoms with Crippen LogP contribution in [0, 0.1) is 0 Å². The smallest absolute Gasteiger partial charge is 0.187 e. The van der Waals surface area contributed by atoms with Crippen LogP contribution in [0.15, 0.2) is 35.6 Å². The van der Waals surface area contributed by atoms with Crippen LogP contribution in [0.2, 0.25) is 0 Å². The van der Waals surface area contributed by atoms with E-state index in [0.717, 1.165) is 55.5 Å². The van der Waals surface area contributed by atoms with Crippen LogP contribution in [0.1, 0.15) is 30.4 Å². The van der Waals surface area contributed by atoms with Gasteiger partial charge in [0.15, 0.2) is 5.16 Å². The maximum Gasteiger partial charge on any atom is 0.187 e. The Morgan fingerprint density at radius 3 is 2.92 bits per heavy atom. The van der Waals surface area contributed by atoms with E-state index in [2.05, 4.69) is 50.6 Å². The minimum Gasteiger partial charge on any atom is -0.327 e. The summed E-state index contributed by atoms with van der Waals surface area (Å²) in [7, 11) is 0. The van der Waals surface area contributed by atoms with Gasteiger partial charge in [-0.2, -0.15) is 0 Å². The quantitative estimate of drug-likeness (QED) is 0.519. The Bertz CT molecular complexity index is 889. The Labute approximate surface area is 152 Å². The highest BCUT2D eigenvalue weighted by atomic mass is 32.2. The van der Waals surface area contributed by atoms with Crippen molar-refractivity contribution in [3.05, 3.63) is 47.5 Å². The number of hydrogen-bond acceptors (Lipinski definition) is 5. The van der Waals surface area contributed by atoms with Gasteiger partial charge in [-0.15, -0.1) is 0 Å². The van der Waals surface area contributed by atoms with Crippen molar-refractivity contribution in [2.24, 2.45) is 0 Å². The molecule has 0 spiro atoms. The summed E-state index contributed by atoms with van der Waals surface area (Å²) >= 11 is 1.61. The van der Waals surface area contributed by atoms with Gasteiger partial charge in [0.05, 0.1) is 23.3 Å². The van der Waals surface area contributed by atoms with Crippen molar-refractivity contribution in [2.75, 3.05) is 12.8 Å². The average molecular weight is 353 g/mol. The second-order valence-electron chi connectivity index (χ2n) is 6.46. The number of hydrogen-bond donors (Lipinski definition) is 0. The van der Waals surface area contributed by atoms with E-state index >= 15 is 0 Å². The van der Waals surface area contributed by atoms with Gasteiger partial charge in [-0.05, 0) is 24.8 Å². The molecule has 1 aliphatic heterocycles. The van der Waals surface area contributed by atoms with Crippen molar-refractivity contribution in [3.63, 3.8) is 0 Å². The largest absolute Gasteiger partial charge is 0.327 e. The summed E-state index contributed by atoms with van der Waals surface area (Å²) in [5.74, 6) is 1.16. The molecule has 0 N–H and O–H groups in total. The Kier molecular flexibility index (Phi) is 4.72. The molecule has 130 valence electrons. The van der Waals surface area contributed by atoms with E-state index in [1.165, 1.54) is 16.8 Å². The minimum atomic E-state index is 0.872. The fraction of sp³-hybridized carbons (Fsp3) is 0.421. The predicted molar refractivity (Wildman–Crippen MR) is 102 cm³/mol. The van der Waals surface area contributed by atoms with Crippen molar-refractivity contribution in [2.45, 2.75) is 44.6 Å². The third-order valence-electron chi connectivity index (χ3n) is 4.72. The number of aromatic nitrogens is 4. The summed E-state index contributed by atoms with van der Waals surface area (Å²) in [6.45, 7) is 6.03. The molecular formula is C19H23N5S. The highest BCUT2D eigenvalue weighted by Crippen LogP contribution is 2.22. The standard InChI is InChI=1S/C19H23N5S/c1-3-9-24-17-7-5-4-6-16(17)21-18(24)13-23-10-8-15-14(12-23)11-20-19(22-15)25-2/h4-7,11H,3,8-10,12-13H2,1-2H3. The number of imidazole rings is 1. The number of rotatable bonds is 5. The van der Waals surface area contributed by atoms with E-state index in [9.17, 15) is 0 Å². The maximum absolute atomic E-state index is 4.90. The predicted octanol–water partition coefficient (Wildman–Crippen LogP) is 3.52. The molecular weight excluding hydrogens is 330 g/mol. The molecule has 0 saturated heterocycles. The van der Waals surface area contributed by atoms with Crippen LogP contribution < -0.4 is 0 Å². The van der Waals surface area contributed by atoms with E-state index < -0.39 is 0 Å². The molecule has 1 aliphatic rings. The number of benzene rings is 1. The van der Waals surface area contributed by atoms with Crippen molar-refractivity contribution in [3.8, 4) is 0 Å². The molecule has 2 aromatic heterocycles. The topological polar surface area (TPSA) is 46.8 Å². The lowest BCUT2D eigenvalue weighted by Gasteiger charge is -2.27. The van der Waals surface area contributed by atoms with Gasteiger partial charge in [-0.25, -0.2) is 15.0 Å². The van der Waals surface area contributed by atoms with Crippen LogP contribution in [-0.2, 0) is 26.1 Å². The van der Waals surface area contributed by atoms with Gasteiger partial charge in [0.25, 0.3) is 0 Å². The zero-order chi connectivity index (χ0) is 17.2. The molecule has 0 aliphatic carbocycles. The van der Waals surface area contributed by atoms with Crippen molar-refractivity contribution in [1.82, 2.24) is 24.4 Å². The number of para-hydroxylation sites is 2. The van der Waals surface area contributed by atoms with Crippen molar-refractivity contribution >= 4 is 22.8 Å². The second-order valence-corrected chi connectivity index (χ2v) is 7.23. The lowest BCUT2D eigenvalue weighted by Crippen LogP contribution is -2.32. The van der Waals surface area contributed by atoms with Crippen LogP contribution in [0.3, 0.4) is 0 Å². The van der Waals surface area contributed by atoms with Crippen LogP contribution in [0.4, 0.5) is 0 Å². The van der Waals surface area contributed by atoms with E-state index in [1.807, 2.05) is 12.5 Å². The molecule has 0 atom stereocenters. The Morgan fingerprint density at radius 1 is 1.20 bits per heavy atom. The molecule has 6 heteroatoms. The molecule has 0 amide bonds. The van der Waals surface area contributed by atoms with Crippen LogP contribution in [0.25, 0.3) is 11.0 Å². The molecule has 25 heavy (non-hydrogen) atoms. The number of fused-ring (bicyclic) bond motifs is 2. The van der Waals surface area contributed by atoms with E-state index in [1.54, 1.807) is 11.8 Å². The Morgan fingerprint density at radius 2 is 2.08 bits per heavy atom. The summed E-state index contributed by atoms with van der Waals surface area (Å²) in [6, 6.07) is 8.43. The third kappa shape index (κ3) is 3.28. The van der Waals surface area contributed by atoms with Gasteiger partial charge < -0.3 is 4.57 Å². The molecule has 4 rings (SSSR count). The Hall–Kier alpha value is -1.92. The number of aryl methyl sites for hydroxylation is 1. The van der Waals surface area contributed by atoms with E-state index in [-0.39, 0.29) is 0 Å². The fourth-order valence-corrected chi connectivity index (χ4v) is 3.87. The highest BCUT2D eigenvalue weighted by Gasteiger charge is 2.20. The maximum atomic E-state index is 4.90. The fourth-order valence-electron chi connectivity index (χ4n) is 3.51. The lowest BCUT2D eigenvalue weighted by molar-refractivity contribution is 0.233. The molecule has 0 fully saturated rings. The normalized spacial score (nSPS) is 14.8. The molecule has 5 nitrogen and oxygen atoms in total. The molecule has 0 saturated carbocycles. The first kappa shape index (κ1) is 16.5. The van der Waals surface area contributed by atoms with Crippen LogP contribution in [0.5, 0.6) is 0 Å². The van der Waals surface area contributed by atoms with Crippen LogP contribution in [-0.4, -0.2) is 37.2 Å². The van der Waals surface area contributed by atoms with Crippen molar-refractivity contribution < 1.29 is 0 Å². The zero-order valence-corrected chi connectivity index (χ0v) is 15.6. The van der Waals surface area contributed by atoms with Crippen LogP contribution >= 0.6 is 11.8 Å². The van der Waals surface area contributed by atoms with Crippen molar-refractivity contribution in [1.29, 1.82) is 0 Å². The van der Waals surface area contributed by atoms with E-state index in [0.29, 0.717) is 0 Å². The molecule has 0 bridgehead atoms. The zero-order valence-electron chi connectivity index (χ0n) is 14.8. The van der Waals surface area contributed by atoms with Gasteiger partial charge in [0, 0.05) is 37.8 Å². The minimum absolute atomic E-state index is 0.872. The summed E-state index contributed by atoms with van der Waals surface area (Å²) in [5.41, 5.74) is 4.79. The SMILES string of the molecule is CCCn1c(CN2CCc3nc(SC)ncc3C2)nc2ccccc21. The monoisotopic (exact) mass is 353 g/mol. The van der Waals surface area contributed by atoms with Gasteiger partial charge in [-0.1, -0.05) is 30.8 Å². The van der Waals surface area contributed by atoms with E-state index in [4.69, 9.17) is 4.98 Å². The second kappa shape index (κ2) is 7.14. The summed E-state index contributed by atoms with van der Waals surface area (Å²) in [6.07, 6.45) is 6.12. The Balaban J connectivity index is 1.58. The number of thioether (sulfide) groups is 1. The van der Waals surface area contributed by atoms with Gasteiger partial charge >= 0.3 is 0 Å².